The van der Waals surface area contributed by atoms with Gasteiger partial charge in [0.1, 0.15) is 0 Å². The Balaban J connectivity index is 2.22. The van der Waals surface area contributed by atoms with E-state index in [9.17, 15) is 13.2 Å². The van der Waals surface area contributed by atoms with Crippen LogP contribution in [0.1, 0.15) is 27.0 Å². The first kappa shape index (κ1) is 22.4. The molecular formula is C24H25NO5S. The van der Waals surface area contributed by atoms with Crippen molar-refractivity contribution in [3.05, 3.63) is 82.9 Å². The van der Waals surface area contributed by atoms with Crippen molar-refractivity contribution in [1.82, 2.24) is 0 Å². The number of methoxy groups -OCH3 is 2. The van der Waals surface area contributed by atoms with E-state index in [1.54, 1.807) is 37.3 Å². The van der Waals surface area contributed by atoms with Crippen LogP contribution in [-0.4, -0.2) is 28.5 Å². The van der Waals surface area contributed by atoms with Gasteiger partial charge in [0.2, 0.25) is 0 Å². The Bertz CT molecular complexity index is 1220. The lowest BCUT2D eigenvalue weighted by Crippen LogP contribution is -2.37. The third-order valence-electron chi connectivity index (χ3n) is 5.17. The SMILES string of the molecule is COc1ccc(C(=O)N(c2cccc(C)c2C)S(=O)(=O)c2ccc(C)cc2)cc1OC. The first-order valence-corrected chi connectivity index (χ1v) is 11.1. The van der Waals surface area contributed by atoms with Gasteiger partial charge in [0, 0.05) is 5.56 Å². The molecule has 0 aliphatic heterocycles. The van der Waals surface area contributed by atoms with Gasteiger partial charge in [0.15, 0.2) is 11.5 Å². The van der Waals surface area contributed by atoms with E-state index in [-0.39, 0.29) is 10.5 Å². The maximum absolute atomic E-state index is 13.6. The van der Waals surface area contributed by atoms with Crippen LogP contribution in [0.25, 0.3) is 0 Å². The molecule has 0 heterocycles. The monoisotopic (exact) mass is 439 g/mol. The van der Waals surface area contributed by atoms with Crippen molar-refractivity contribution in [1.29, 1.82) is 0 Å². The number of sulfonamides is 1. The zero-order valence-corrected chi connectivity index (χ0v) is 19.0. The number of nitrogens with zero attached hydrogens (tertiary/aromatic N) is 1. The van der Waals surface area contributed by atoms with Crippen molar-refractivity contribution in [2.24, 2.45) is 0 Å². The zero-order valence-electron chi connectivity index (χ0n) is 18.2. The van der Waals surface area contributed by atoms with Gasteiger partial charge in [-0.05, 0) is 68.3 Å². The number of amides is 1. The Labute approximate surface area is 183 Å². The second kappa shape index (κ2) is 8.81. The quantitative estimate of drug-likeness (QED) is 0.558. The van der Waals surface area contributed by atoms with Crippen molar-refractivity contribution >= 4 is 21.6 Å². The van der Waals surface area contributed by atoms with Crippen LogP contribution >= 0.6 is 0 Å². The summed E-state index contributed by atoms with van der Waals surface area (Å²) in [7, 11) is -1.24. The van der Waals surface area contributed by atoms with Gasteiger partial charge in [-0.2, -0.15) is 4.31 Å². The molecule has 0 fully saturated rings. The molecule has 162 valence electrons. The Hall–Kier alpha value is -3.32. The largest absolute Gasteiger partial charge is 0.493 e. The van der Waals surface area contributed by atoms with E-state index < -0.39 is 15.9 Å². The van der Waals surface area contributed by atoms with E-state index >= 15 is 0 Å². The summed E-state index contributed by atoms with van der Waals surface area (Å²) >= 11 is 0. The molecule has 0 N–H and O–H groups in total. The molecule has 31 heavy (non-hydrogen) atoms. The van der Waals surface area contributed by atoms with Gasteiger partial charge in [-0.25, -0.2) is 8.42 Å². The molecule has 0 aliphatic rings. The molecular weight excluding hydrogens is 414 g/mol. The lowest BCUT2D eigenvalue weighted by Gasteiger charge is -2.25. The van der Waals surface area contributed by atoms with E-state index in [0.29, 0.717) is 22.7 Å². The van der Waals surface area contributed by atoms with E-state index in [1.807, 2.05) is 19.9 Å². The molecule has 3 aromatic rings. The summed E-state index contributed by atoms with van der Waals surface area (Å²) in [4.78, 5) is 13.6. The number of hydrogen-bond acceptors (Lipinski definition) is 5. The van der Waals surface area contributed by atoms with Crippen LogP contribution in [0.15, 0.2) is 65.6 Å². The summed E-state index contributed by atoms with van der Waals surface area (Å²) in [5.74, 6) is 0.0935. The molecule has 0 unspecified atom stereocenters. The number of carbonyl (C=O) groups is 1. The van der Waals surface area contributed by atoms with E-state index in [0.717, 1.165) is 15.4 Å². The number of anilines is 1. The standard InChI is InChI=1S/C24H25NO5S/c1-16-9-12-20(13-10-16)31(27,28)25(21-8-6-7-17(2)18(21)3)24(26)19-11-14-22(29-4)23(15-19)30-5/h6-15H,1-5H3. The van der Waals surface area contributed by atoms with Gasteiger partial charge < -0.3 is 9.47 Å². The third-order valence-corrected chi connectivity index (χ3v) is 6.88. The van der Waals surface area contributed by atoms with Gasteiger partial charge in [-0.1, -0.05) is 29.8 Å². The topological polar surface area (TPSA) is 72.9 Å². The summed E-state index contributed by atoms with van der Waals surface area (Å²) in [5.41, 5.74) is 2.96. The molecule has 0 aliphatic carbocycles. The number of hydrogen-bond donors (Lipinski definition) is 0. The third kappa shape index (κ3) is 4.27. The Morgan fingerprint density at radius 2 is 1.48 bits per heavy atom. The summed E-state index contributed by atoms with van der Waals surface area (Å²) in [5, 5.41) is 0. The number of ether oxygens (including phenoxy) is 2. The smallest absolute Gasteiger partial charge is 0.272 e. The van der Waals surface area contributed by atoms with Crippen molar-refractivity contribution < 1.29 is 22.7 Å². The van der Waals surface area contributed by atoms with Crippen molar-refractivity contribution in [2.45, 2.75) is 25.7 Å². The molecule has 0 atom stereocenters. The Kier molecular flexibility index (Phi) is 6.36. The van der Waals surface area contributed by atoms with E-state index in [2.05, 4.69) is 0 Å². The van der Waals surface area contributed by atoms with Crippen LogP contribution in [0.4, 0.5) is 5.69 Å². The van der Waals surface area contributed by atoms with Crippen LogP contribution < -0.4 is 13.8 Å². The average molecular weight is 440 g/mol. The Morgan fingerprint density at radius 3 is 2.10 bits per heavy atom. The lowest BCUT2D eigenvalue weighted by molar-refractivity contribution is 0.100. The highest BCUT2D eigenvalue weighted by Crippen LogP contribution is 2.33. The highest BCUT2D eigenvalue weighted by Gasteiger charge is 2.33. The molecule has 0 spiro atoms. The molecule has 0 saturated heterocycles. The summed E-state index contributed by atoms with van der Waals surface area (Å²) in [6.45, 7) is 5.54. The molecule has 0 radical (unpaired) electrons. The Morgan fingerprint density at radius 1 is 0.839 bits per heavy atom. The summed E-state index contributed by atoms with van der Waals surface area (Å²) in [6, 6.07) is 16.2. The maximum atomic E-state index is 13.6. The fraction of sp³-hybridized carbons (Fsp3) is 0.208. The normalized spacial score (nSPS) is 11.1. The van der Waals surface area contributed by atoms with Crippen LogP contribution in [0, 0.1) is 20.8 Å². The van der Waals surface area contributed by atoms with Gasteiger partial charge in [-0.15, -0.1) is 0 Å². The van der Waals surface area contributed by atoms with Crippen molar-refractivity contribution in [3.8, 4) is 11.5 Å². The number of benzene rings is 3. The maximum Gasteiger partial charge on any atom is 0.272 e. The predicted octanol–water partition coefficient (Wildman–Crippen LogP) is 4.66. The van der Waals surface area contributed by atoms with E-state index in [1.165, 1.54) is 38.5 Å². The molecule has 1 amide bonds. The van der Waals surface area contributed by atoms with Crippen LogP contribution in [0.3, 0.4) is 0 Å². The van der Waals surface area contributed by atoms with Gasteiger partial charge in [0.05, 0.1) is 24.8 Å². The van der Waals surface area contributed by atoms with Crippen molar-refractivity contribution in [2.75, 3.05) is 18.5 Å². The van der Waals surface area contributed by atoms with Crippen LogP contribution in [0.2, 0.25) is 0 Å². The fourth-order valence-corrected chi connectivity index (χ4v) is 4.68. The fourth-order valence-electron chi connectivity index (χ4n) is 3.21. The van der Waals surface area contributed by atoms with Gasteiger partial charge >= 0.3 is 0 Å². The highest BCUT2D eigenvalue weighted by atomic mass is 32.2. The first-order chi connectivity index (χ1) is 14.7. The molecule has 0 bridgehead atoms. The molecule has 3 aromatic carbocycles. The predicted molar refractivity (Wildman–Crippen MR) is 121 cm³/mol. The van der Waals surface area contributed by atoms with Crippen LogP contribution in [-0.2, 0) is 10.0 Å². The summed E-state index contributed by atoms with van der Waals surface area (Å²) in [6.07, 6.45) is 0. The first-order valence-electron chi connectivity index (χ1n) is 9.65. The lowest BCUT2D eigenvalue weighted by atomic mass is 10.1. The number of aryl methyl sites for hydroxylation is 2. The number of carbonyl (C=O) groups excluding carboxylic acids is 1. The minimum Gasteiger partial charge on any atom is -0.493 e. The highest BCUT2D eigenvalue weighted by molar-refractivity contribution is 7.93. The van der Waals surface area contributed by atoms with Gasteiger partial charge in [0.25, 0.3) is 15.9 Å². The molecule has 7 heteroatoms. The second-order valence-electron chi connectivity index (χ2n) is 7.18. The summed E-state index contributed by atoms with van der Waals surface area (Å²) < 4.78 is 38.7. The van der Waals surface area contributed by atoms with E-state index in [4.69, 9.17) is 9.47 Å². The van der Waals surface area contributed by atoms with Crippen molar-refractivity contribution in [3.63, 3.8) is 0 Å². The number of rotatable bonds is 6. The zero-order chi connectivity index (χ0) is 22.8. The molecule has 0 saturated carbocycles. The van der Waals surface area contributed by atoms with Gasteiger partial charge in [-0.3, -0.25) is 4.79 Å². The minimum absolute atomic E-state index is 0.0350. The molecule has 3 rings (SSSR count). The molecule has 6 nitrogen and oxygen atoms in total. The molecule has 0 aromatic heterocycles. The second-order valence-corrected chi connectivity index (χ2v) is 8.96. The van der Waals surface area contributed by atoms with Crippen LogP contribution in [0.5, 0.6) is 11.5 Å². The minimum atomic E-state index is -4.18. The average Bonchev–Trinajstić information content (AvgIpc) is 2.76.